The fourth-order valence-corrected chi connectivity index (χ4v) is 2.58. The Labute approximate surface area is 159 Å². The summed E-state index contributed by atoms with van der Waals surface area (Å²) in [5.74, 6) is 0.0100. The fourth-order valence-electron chi connectivity index (χ4n) is 2.58. The lowest BCUT2D eigenvalue weighted by Crippen LogP contribution is -2.31. The van der Waals surface area contributed by atoms with Crippen molar-refractivity contribution in [3.05, 3.63) is 59.2 Å². The smallest absolute Gasteiger partial charge is 0.337 e. The molecule has 0 heterocycles. The number of carbonyl (C=O) groups excluding carboxylic acids is 2. The first kappa shape index (κ1) is 20.3. The van der Waals surface area contributed by atoms with E-state index in [2.05, 4.69) is 29.1 Å². The zero-order valence-corrected chi connectivity index (χ0v) is 16.1. The quantitative estimate of drug-likeness (QED) is 0.721. The maximum atomic E-state index is 12.2. The Morgan fingerprint density at radius 2 is 1.74 bits per heavy atom. The van der Waals surface area contributed by atoms with E-state index in [0.29, 0.717) is 17.1 Å². The molecule has 144 valence electrons. The molecule has 27 heavy (non-hydrogen) atoms. The van der Waals surface area contributed by atoms with Gasteiger partial charge in [0.25, 0.3) is 5.91 Å². The van der Waals surface area contributed by atoms with Crippen LogP contribution < -0.4 is 14.8 Å². The molecule has 0 aliphatic heterocycles. The first-order valence-corrected chi connectivity index (χ1v) is 8.75. The van der Waals surface area contributed by atoms with Crippen molar-refractivity contribution in [2.24, 2.45) is 0 Å². The van der Waals surface area contributed by atoms with Crippen molar-refractivity contribution in [3.8, 4) is 11.5 Å². The summed E-state index contributed by atoms with van der Waals surface area (Å²) >= 11 is 0. The molecule has 0 aromatic heterocycles. The molecule has 0 spiro atoms. The van der Waals surface area contributed by atoms with E-state index >= 15 is 0 Å². The Kier molecular flexibility index (Phi) is 7.23. The molecule has 1 atom stereocenters. The third kappa shape index (κ3) is 5.48. The first-order chi connectivity index (χ1) is 13.0. The van der Waals surface area contributed by atoms with Gasteiger partial charge >= 0.3 is 5.97 Å². The van der Waals surface area contributed by atoms with E-state index in [1.165, 1.54) is 25.8 Å². The molecule has 0 saturated carbocycles. The van der Waals surface area contributed by atoms with Gasteiger partial charge in [-0.05, 0) is 42.7 Å². The SMILES string of the molecule is CCc1ccc([C@@H](C)NC(=O)COc2ccc(C(=O)OC)cc2OC)cc1. The Bertz CT molecular complexity index is 786. The number of hydrogen-bond donors (Lipinski definition) is 1. The Balaban J connectivity index is 1.95. The van der Waals surface area contributed by atoms with E-state index in [0.717, 1.165) is 12.0 Å². The molecule has 0 aliphatic carbocycles. The van der Waals surface area contributed by atoms with Crippen LogP contribution in [-0.2, 0) is 16.0 Å². The Morgan fingerprint density at radius 3 is 2.33 bits per heavy atom. The van der Waals surface area contributed by atoms with Crippen molar-refractivity contribution in [3.63, 3.8) is 0 Å². The molecule has 2 rings (SSSR count). The van der Waals surface area contributed by atoms with E-state index in [1.807, 2.05) is 19.1 Å². The number of aryl methyl sites for hydroxylation is 1. The van der Waals surface area contributed by atoms with Crippen LogP contribution in [0.4, 0.5) is 0 Å². The number of methoxy groups -OCH3 is 2. The molecule has 2 aromatic carbocycles. The molecular formula is C21H25NO5. The van der Waals surface area contributed by atoms with E-state index < -0.39 is 5.97 Å². The van der Waals surface area contributed by atoms with Crippen molar-refractivity contribution in [1.29, 1.82) is 0 Å². The highest BCUT2D eigenvalue weighted by Crippen LogP contribution is 2.28. The van der Waals surface area contributed by atoms with Gasteiger partial charge in [-0.25, -0.2) is 4.79 Å². The summed E-state index contributed by atoms with van der Waals surface area (Å²) in [4.78, 5) is 23.8. The van der Waals surface area contributed by atoms with Crippen LogP contribution in [0.1, 0.15) is 41.4 Å². The van der Waals surface area contributed by atoms with Crippen LogP contribution in [0.5, 0.6) is 11.5 Å². The summed E-state index contributed by atoms with van der Waals surface area (Å²) in [5.41, 5.74) is 2.62. The van der Waals surface area contributed by atoms with Crippen LogP contribution in [0.25, 0.3) is 0 Å². The van der Waals surface area contributed by atoms with Crippen molar-refractivity contribution >= 4 is 11.9 Å². The van der Waals surface area contributed by atoms with Crippen LogP contribution in [0.15, 0.2) is 42.5 Å². The molecule has 2 aromatic rings. The van der Waals surface area contributed by atoms with Gasteiger partial charge in [0, 0.05) is 0 Å². The molecule has 0 unspecified atom stereocenters. The molecule has 0 aliphatic rings. The molecule has 1 amide bonds. The molecular weight excluding hydrogens is 346 g/mol. The predicted molar refractivity (Wildman–Crippen MR) is 102 cm³/mol. The highest BCUT2D eigenvalue weighted by atomic mass is 16.5. The maximum Gasteiger partial charge on any atom is 0.337 e. The highest BCUT2D eigenvalue weighted by molar-refractivity contribution is 5.90. The fraction of sp³-hybridized carbons (Fsp3) is 0.333. The molecule has 1 N–H and O–H groups in total. The molecule has 0 fully saturated rings. The lowest BCUT2D eigenvalue weighted by molar-refractivity contribution is -0.123. The highest BCUT2D eigenvalue weighted by Gasteiger charge is 2.14. The minimum atomic E-state index is -0.472. The van der Waals surface area contributed by atoms with Gasteiger partial charge in [0.15, 0.2) is 18.1 Å². The standard InChI is InChI=1S/C21H25NO5/c1-5-15-6-8-16(9-7-15)14(2)22-20(23)13-27-18-11-10-17(21(24)26-4)12-19(18)25-3/h6-12,14H,5,13H2,1-4H3,(H,22,23)/t14-/m1/s1. The van der Waals surface area contributed by atoms with Gasteiger partial charge in [-0.3, -0.25) is 4.79 Å². The summed E-state index contributed by atoms with van der Waals surface area (Å²) in [5, 5.41) is 2.90. The summed E-state index contributed by atoms with van der Waals surface area (Å²) in [6.45, 7) is 3.86. The average Bonchev–Trinajstić information content (AvgIpc) is 2.71. The number of hydrogen-bond acceptors (Lipinski definition) is 5. The summed E-state index contributed by atoms with van der Waals surface area (Å²) < 4.78 is 15.4. The van der Waals surface area contributed by atoms with Gasteiger partial charge in [-0.1, -0.05) is 31.2 Å². The second kappa shape index (κ2) is 9.62. The number of rotatable bonds is 8. The van der Waals surface area contributed by atoms with Crippen LogP contribution in [0.3, 0.4) is 0 Å². The van der Waals surface area contributed by atoms with Gasteiger partial charge in [-0.15, -0.1) is 0 Å². The average molecular weight is 371 g/mol. The minimum absolute atomic E-state index is 0.129. The Hall–Kier alpha value is -3.02. The Morgan fingerprint density at radius 1 is 1.04 bits per heavy atom. The van der Waals surface area contributed by atoms with Crippen LogP contribution in [0.2, 0.25) is 0 Å². The largest absolute Gasteiger partial charge is 0.493 e. The third-order valence-corrected chi connectivity index (χ3v) is 4.21. The van der Waals surface area contributed by atoms with E-state index in [4.69, 9.17) is 9.47 Å². The predicted octanol–water partition coefficient (Wildman–Crippen LogP) is 3.30. The van der Waals surface area contributed by atoms with Crippen LogP contribution in [0, 0.1) is 0 Å². The number of ether oxygens (including phenoxy) is 3. The van der Waals surface area contributed by atoms with Gasteiger partial charge in [0.1, 0.15) is 0 Å². The summed E-state index contributed by atoms with van der Waals surface area (Å²) in [6.07, 6.45) is 0.978. The summed E-state index contributed by atoms with van der Waals surface area (Å²) in [7, 11) is 2.77. The van der Waals surface area contributed by atoms with Crippen molar-refractivity contribution in [2.45, 2.75) is 26.3 Å². The van der Waals surface area contributed by atoms with Gasteiger partial charge in [0.2, 0.25) is 0 Å². The lowest BCUT2D eigenvalue weighted by atomic mass is 10.1. The number of carbonyl (C=O) groups is 2. The van der Waals surface area contributed by atoms with E-state index in [1.54, 1.807) is 12.1 Å². The summed E-state index contributed by atoms with van der Waals surface area (Å²) in [6, 6.07) is 12.7. The van der Waals surface area contributed by atoms with Gasteiger partial charge < -0.3 is 19.5 Å². The van der Waals surface area contributed by atoms with E-state index in [-0.39, 0.29) is 18.6 Å². The topological polar surface area (TPSA) is 73.9 Å². The first-order valence-electron chi connectivity index (χ1n) is 8.75. The number of esters is 1. The molecule has 0 radical (unpaired) electrons. The van der Waals surface area contributed by atoms with E-state index in [9.17, 15) is 9.59 Å². The minimum Gasteiger partial charge on any atom is -0.493 e. The van der Waals surface area contributed by atoms with Crippen molar-refractivity contribution in [2.75, 3.05) is 20.8 Å². The molecule has 6 nitrogen and oxygen atoms in total. The van der Waals surface area contributed by atoms with Crippen LogP contribution >= 0.6 is 0 Å². The molecule has 0 bridgehead atoms. The zero-order chi connectivity index (χ0) is 19.8. The number of benzene rings is 2. The second-order valence-electron chi connectivity index (χ2n) is 6.03. The monoisotopic (exact) mass is 371 g/mol. The lowest BCUT2D eigenvalue weighted by Gasteiger charge is -2.16. The molecule has 6 heteroatoms. The maximum absolute atomic E-state index is 12.2. The van der Waals surface area contributed by atoms with Crippen molar-refractivity contribution < 1.29 is 23.8 Å². The second-order valence-corrected chi connectivity index (χ2v) is 6.03. The van der Waals surface area contributed by atoms with Crippen molar-refractivity contribution in [1.82, 2.24) is 5.32 Å². The normalized spacial score (nSPS) is 11.4. The van der Waals surface area contributed by atoms with Gasteiger partial charge in [0.05, 0.1) is 25.8 Å². The zero-order valence-electron chi connectivity index (χ0n) is 16.1. The third-order valence-electron chi connectivity index (χ3n) is 4.21. The van der Waals surface area contributed by atoms with Crippen LogP contribution in [-0.4, -0.2) is 32.7 Å². The molecule has 0 saturated heterocycles. The number of amides is 1. The number of nitrogens with one attached hydrogen (secondary N) is 1. The van der Waals surface area contributed by atoms with Gasteiger partial charge in [-0.2, -0.15) is 0 Å².